The summed E-state index contributed by atoms with van der Waals surface area (Å²) in [6.45, 7) is 11.8. The molecule has 2 aromatic carbocycles. The van der Waals surface area contributed by atoms with Crippen LogP contribution in [-0.4, -0.2) is 89.1 Å². The lowest BCUT2D eigenvalue weighted by Gasteiger charge is -2.31. The van der Waals surface area contributed by atoms with Crippen molar-refractivity contribution in [1.82, 2.24) is 42.2 Å². The van der Waals surface area contributed by atoms with Crippen LogP contribution in [0.25, 0.3) is 10.9 Å². The predicted molar refractivity (Wildman–Crippen MR) is 212 cm³/mol. The standard InChI is InChI=1S/C41H56N8O7/c1-22(2)33-39(54)45-26(7)36(51)46-31(20-28-21-43-30-17-12-11-16-29(28)30)38(53)42-19-13-18-32(50)44-25(6)37(52)47-34(23(3)4)40(55)49-35(41(56)48-33)24(5)27-14-9-8-10-15-27/h8-12,14-17,21-26,31,33-35,43H,13,18-20H2,1-7H3,(H,42,53)(H,44,50)(H,45,54)(H,46,51)(H,47,52)(H,48,56)(H,49,55)/t24-,25-,26+,31+,33+,34-,35+/m0/s1. The van der Waals surface area contributed by atoms with Crippen LogP contribution >= 0.6 is 0 Å². The lowest BCUT2D eigenvalue weighted by Crippen LogP contribution is -2.61. The molecule has 8 N–H and O–H groups in total. The van der Waals surface area contributed by atoms with Crippen molar-refractivity contribution in [2.75, 3.05) is 6.54 Å². The molecule has 302 valence electrons. The van der Waals surface area contributed by atoms with Crippen LogP contribution in [0.2, 0.25) is 0 Å². The second kappa shape index (κ2) is 19.7. The largest absolute Gasteiger partial charge is 0.361 e. The normalized spacial score (nSPS) is 25.0. The molecule has 7 amide bonds. The van der Waals surface area contributed by atoms with Gasteiger partial charge in [0.25, 0.3) is 0 Å². The predicted octanol–water partition coefficient (Wildman–Crippen LogP) is 1.68. The minimum atomic E-state index is -1.18. The summed E-state index contributed by atoms with van der Waals surface area (Å²) in [5, 5.41) is 20.1. The maximum absolute atomic E-state index is 14.1. The summed E-state index contributed by atoms with van der Waals surface area (Å²) < 4.78 is 0. The minimum Gasteiger partial charge on any atom is -0.361 e. The maximum Gasteiger partial charge on any atom is 0.243 e. The molecule has 0 unspecified atom stereocenters. The van der Waals surface area contributed by atoms with Crippen molar-refractivity contribution < 1.29 is 33.6 Å². The number of fused-ring (bicyclic) bond motifs is 1. The molecule has 1 aliphatic heterocycles. The summed E-state index contributed by atoms with van der Waals surface area (Å²) in [4.78, 5) is 98.3. The number of benzene rings is 2. The first-order chi connectivity index (χ1) is 26.6. The van der Waals surface area contributed by atoms with E-state index in [1.54, 1.807) is 40.8 Å². The average molecular weight is 773 g/mol. The Balaban J connectivity index is 1.65. The highest BCUT2D eigenvalue weighted by Gasteiger charge is 2.36. The molecule has 1 fully saturated rings. The fourth-order valence-electron chi connectivity index (χ4n) is 6.56. The Hall–Kier alpha value is -5.73. The third-order valence-corrected chi connectivity index (χ3v) is 10.0. The molecule has 0 radical (unpaired) electrons. The van der Waals surface area contributed by atoms with Crippen LogP contribution in [0.3, 0.4) is 0 Å². The first-order valence-electron chi connectivity index (χ1n) is 19.3. The zero-order valence-electron chi connectivity index (χ0n) is 33.2. The van der Waals surface area contributed by atoms with Crippen molar-refractivity contribution in [3.8, 4) is 0 Å². The molecule has 0 spiro atoms. The second-order valence-electron chi connectivity index (χ2n) is 15.2. The van der Waals surface area contributed by atoms with Gasteiger partial charge in [0.1, 0.15) is 36.3 Å². The number of rotatable bonds is 6. The van der Waals surface area contributed by atoms with E-state index in [2.05, 4.69) is 42.2 Å². The number of hydrogen-bond acceptors (Lipinski definition) is 7. The molecule has 4 rings (SSSR count). The third-order valence-electron chi connectivity index (χ3n) is 10.0. The number of amides is 7. The van der Waals surface area contributed by atoms with E-state index in [0.717, 1.165) is 22.0 Å². The number of aromatic nitrogens is 1. The van der Waals surface area contributed by atoms with Gasteiger partial charge in [-0.2, -0.15) is 0 Å². The molecule has 0 aliphatic carbocycles. The van der Waals surface area contributed by atoms with Crippen LogP contribution in [0.4, 0.5) is 0 Å². The van der Waals surface area contributed by atoms with E-state index in [1.165, 1.54) is 13.8 Å². The Labute approximate surface area is 327 Å². The SMILES string of the molecule is CC(C)[C@@H]1NC(=O)[C@H](C)NC(=O)CCCNC(=O)[C@@H](Cc2c[nH]c3ccccc23)NC(=O)[C@@H](C)NC(=O)[C@@H](C(C)C)NC(=O)[C@@H]([C@@H](C)c2ccccc2)NC1=O. The molecular formula is C41H56N8O7. The van der Waals surface area contributed by atoms with Gasteiger partial charge in [-0.3, -0.25) is 33.6 Å². The molecule has 15 heteroatoms. The maximum atomic E-state index is 14.1. The van der Waals surface area contributed by atoms with Crippen LogP contribution in [-0.2, 0) is 40.0 Å². The second-order valence-corrected chi connectivity index (χ2v) is 15.2. The Kier molecular flexibility index (Phi) is 15.2. The van der Waals surface area contributed by atoms with Crippen molar-refractivity contribution >= 4 is 52.3 Å². The molecule has 0 bridgehead atoms. The highest BCUT2D eigenvalue weighted by molar-refractivity contribution is 5.97. The number of para-hydroxylation sites is 1. The van der Waals surface area contributed by atoms with E-state index in [1.807, 2.05) is 54.6 Å². The Morgan fingerprint density at radius 2 is 1.12 bits per heavy atom. The number of aromatic amines is 1. The topological polar surface area (TPSA) is 219 Å². The van der Waals surface area contributed by atoms with E-state index >= 15 is 0 Å². The smallest absolute Gasteiger partial charge is 0.243 e. The summed E-state index contributed by atoms with van der Waals surface area (Å²) in [5.41, 5.74) is 2.39. The van der Waals surface area contributed by atoms with Crippen LogP contribution in [0.15, 0.2) is 60.8 Å². The Morgan fingerprint density at radius 3 is 1.79 bits per heavy atom. The van der Waals surface area contributed by atoms with E-state index in [9.17, 15) is 33.6 Å². The number of H-pyrrole nitrogens is 1. The highest BCUT2D eigenvalue weighted by atomic mass is 16.2. The van der Waals surface area contributed by atoms with Crippen molar-refractivity contribution in [3.63, 3.8) is 0 Å². The molecular weight excluding hydrogens is 716 g/mol. The molecule has 1 aromatic heterocycles. The Morgan fingerprint density at radius 1 is 0.589 bits per heavy atom. The summed E-state index contributed by atoms with van der Waals surface area (Å²) in [6, 6.07) is 10.1. The molecule has 0 saturated carbocycles. The van der Waals surface area contributed by atoms with Crippen molar-refractivity contribution in [1.29, 1.82) is 0 Å². The van der Waals surface area contributed by atoms with Gasteiger partial charge < -0.3 is 42.2 Å². The summed E-state index contributed by atoms with van der Waals surface area (Å²) >= 11 is 0. The van der Waals surface area contributed by atoms with Crippen LogP contribution in [0.5, 0.6) is 0 Å². The molecule has 3 aromatic rings. The molecule has 15 nitrogen and oxygen atoms in total. The lowest BCUT2D eigenvalue weighted by atomic mass is 9.91. The van der Waals surface area contributed by atoms with Crippen molar-refractivity contribution in [2.45, 2.75) is 110 Å². The number of carbonyl (C=O) groups is 7. The number of hydrogen-bond donors (Lipinski definition) is 8. The van der Waals surface area contributed by atoms with Gasteiger partial charge in [0, 0.05) is 42.4 Å². The molecule has 7 atom stereocenters. The van der Waals surface area contributed by atoms with Crippen LogP contribution < -0.4 is 37.2 Å². The molecule has 1 aliphatic rings. The number of nitrogens with one attached hydrogen (secondary N) is 8. The van der Waals surface area contributed by atoms with E-state index in [4.69, 9.17) is 0 Å². The lowest BCUT2D eigenvalue weighted by molar-refractivity contribution is -0.136. The van der Waals surface area contributed by atoms with Crippen molar-refractivity contribution in [3.05, 3.63) is 71.9 Å². The highest BCUT2D eigenvalue weighted by Crippen LogP contribution is 2.21. The van der Waals surface area contributed by atoms with Gasteiger partial charge in [0.15, 0.2) is 0 Å². The van der Waals surface area contributed by atoms with Gasteiger partial charge in [-0.15, -0.1) is 0 Å². The molecule has 2 heterocycles. The van der Waals surface area contributed by atoms with Gasteiger partial charge in [-0.05, 0) is 49.3 Å². The van der Waals surface area contributed by atoms with Gasteiger partial charge in [-0.1, -0.05) is 83.1 Å². The van der Waals surface area contributed by atoms with Gasteiger partial charge in [0.05, 0.1) is 0 Å². The average Bonchev–Trinajstić information content (AvgIpc) is 3.57. The quantitative estimate of drug-likeness (QED) is 0.185. The summed E-state index contributed by atoms with van der Waals surface area (Å²) in [5.74, 6) is -5.48. The zero-order chi connectivity index (χ0) is 41.1. The number of carbonyl (C=O) groups excluding carboxylic acids is 7. The van der Waals surface area contributed by atoms with E-state index in [-0.39, 0.29) is 25.8 Å². The molecule has 56 heavy (non-hydrogen) atoms. The van der Waals surface area contributed by atoms with Crippen LogP contribution in [0, 0.1) is 11.8 Å². The fourth-order valence-corrected chi connectivity index (χ4v) is 6.56. The summed E-state index contributed by atoms with van der Waals surface area (Å²) in [7, 11) is 0. The zero-order valence-corrected chi connectivity index (χ0v) is 33.2. The van der Waals surface area contributed by atoms with Gasteiger partial charge in [-0.25, -0.2) is 0 Å². The monoisotopic (exact) mass is 772 g/mol. The summed E-state index contributed by atoms with van der Waals surface area (Å²) in [6.07, 6.45) is 2.13. The van der Waals surface area contributed by atoms with Crippen molar-refractivity contribution in [2.24, 2.45) is 11.8 Å². The van der Waals surface area contributed by atoms with Crippen LogP contribution in [0.1, 0.15) is 78.4 Å². The minimum absolute atomic E-state index is 0.0142. The fraction of sp³-hybridized carbons (Fsp3) is 0.488. The third kappa shape index (κ3) is 11.4. The van der Waals surface area contributed by atoms with Gasteiger partial charge in [0.2, 0.25) is 41.4 Å². The molecule has 1 saturated heterocycles. The first kappa shape index (κ1) is 43.0. The first-order valence-corrected chi connectivity index (χ1v) is 19.3. The Bertz CT molecular complexity index is 1880. The van der Waals surface area contributed by atoms with E-state index in [0.29, 0.717) is 0 Å². The van der Waals surface area contributed by atoms with Gasteiger partial charge >= 0.3 is 0 Å². The van der Waals surface area contributed by atoms with E-state index < -0.39 is 95.4 Å².